The number of hydrogen-bond acceptors (Lipinski definition) is 6. The highest BCUT2D eigenvalue weighted by molar-refractivity contribution is 7.89. The van der Waals surface area contributed by atoms with Crippen molar-refractivity contribution in [2.75, 3.05) is 12.4 Å². The van der Waals surface area contributed by atoms with Crippen molar-refractivity contribution in [2.45, 2.75) is 24.8 Å². The van der Waals surface area contributed by atoms with Crippen molar-refractivity contribution in [3.8, 4) is 5.75 Å². The molecule has 0 fully saturated rings. The minimum atomic E-state index is -3.75. The summed E-state index contributed by atoms with van der Waals surface area (Å²) in [7, 11) is -2.21. The van der Waals surface area contributed by atoms with E-state index in [2.05, 4.69) is 15.0 Å². The van der Waals surface area contributed by atoms with Gasteiger partial charge in [0.2, 0.25) is 10.0 Å². The van der Waals surface area contributed by atoms with Crippen molar-refractivity contribution in [3.63, 3.8) is 0 Å². The monoisotopic (exact) mass is 439 g/mol. The number of halogens is 1. The highest BCUT2D eigenvalue weighted by atomic mass is 35.5. The third-order valence-electron chi connectivity index (χ3n) is 3.71. The van der Waals surface area contributed by atoms with Crippen molar-refractivity contribution in [3.05, 3.63) is 47.0 Å². The minimum absolute atomic E-state index is 0.0401. The number of thiazole rings is 1. The van der Waals surface area contributed by atoms with Crippen LogP contribution in [0.5, 0.6) is 5.75 Å². The normalized spacial score (nSPS) is 11.8. The molecule has 0 bridgehead atoms. The van der Waals surface area contributed by atoms with Gasteiger partial charge in [-0.2, -0.15) is 0 Å². The number of carbonyl (C=O) groups excluding carboxylic acids is 1. The van der Waals surface area contributed by atoms with E-state index in [1.807, 2.05) is 12.1 Å². The number of fused-ring (bicyclic) bond motifs is 1. The van der Waals surface area contributed by atoms with Gasteiger partial charge in [0.1, 0.15) is 11.3 Å². The second-order valence-electron chi connectivity index (χ2n) is 6.20. The first-order valence-electron chi connectivity index (χ1n) is 8.28. The van der Waals surface area contributed by atoms with Gasteiger partial charge in [-0.25, -0.2) is 18.1 Å². The first-order valence-corrected chi connectivity index (χ1v) is 11.0. The van der Waals surface area contributed by atoms with Crippen LogP contribution in [0.15, 0.2) is 41.3 Å². The molecule has 0 aliphatic carbocycles. The molecule has 10 heteroatoms. The molecule has 148 valence electrons. The van der Waals surface area contributed by atoms with Crippen LogP contribution in [0.25, 0.3) is 10.2 Å². The lowest BCUT2D eigenvalue weighted by atomic mass is 10.2. The smallest absolute Gasteiger partial charge is 0.259 e. The molecule has 0 aliphatic rings. The standard InChI is InChI=1S/C18H18ClN3O4S2/c1-10(2)22-28(24,25)11-7-8-13(19)12(9-11)17(23)21-18-20-16-14(26-3)5-4-6-15(16)27-18/h4-10,22H,1-3H3,(H,20,21,23). The molecule has 2 N–H and O–H groups in total. The molecular formula is C18H18ClN3O4S2. The zero-order valence-electron chi connectivity index (χ0n) is 15.3. The highest BCUT2D eigenvalue weighted by Gasteiger charge is 2.20. The fourth-order valence-corrected chi connectivity index (χ4v) is 4.89. The molecule has 3 aromatic rings. The minimum Gasteiger partial charge on any atom is -0.494 e. The molecule has 2 aromatic carbocycles. The summed E-state index contributed by atoms with van der Waals surface area (Å²) in [6.07, 6.45) is 0. The van der Waals surface area contributed by atoms with Crippen LogP contribution in [0, 0.1) is 0 Å². The van der Waals surface area contributed by atoms with Gasteiger partial charge >= 0.3 is 0 Å². The van der Waals surface area contributed by atoms with Gasteiger partial charge in [0.05, 0.1) is 27.3 Å². The number of carbonyl (C=O) groups is 1. The number of sulfonamides is 1. The van der Waals surface area contributed by atoms with E-state index in [-0.39, 0.29) is 21.5 Å². The van der Waals surface area contributed by atoms with Crippen LogP contribution in [0.4, 0.5) is 5.13 Å². The third-order valence-corrected chi connectivity index (χ3v) is 6.63. The van der Waals surface area contributed by atoms with Gasteiger partial charge in [0, 0.05) is 6.04 Å². The molecule has 0 saturated carbocycles. The van der Waals surface area contributed by atoms with Gasteiger partial charge in [0.25, 0.3) is 5.91 Å². The summed E-state index contributed by atoms with van der Waals surface area (Å²) in [6, 6.07) is 9.17. The van der Waals surface area contributed by atoms with Crippen molar-refractivity contribution in [1.29, 1.82) is 0 Å². The molecule has 0 radical (unpaired) electrons. The summed E-state index contributed by atoms with van der Waals surface area (Å²) in [5.41, 5.74) is 0.674. The predicted molar refractivity (Wildman–Crippen MR) is 111 cm³/mol. The van der Waals surface area contributed by atoms with Gasteiger partial charge in [-0.05, 0) is 44.2 Å². The maximum absolute atomic E-state index is 12.7. The van der Waals surface area contributed by atoms with Crippen molar-refractivity contribution in [2.24, 2.45) is 0 Å². The number of rotatable bonds is 6. The molecule has 0 unspecified atom stereocenters. The van der Waals surface area contributed by atoms with Gasteiger partial charge in [-0.3, -0.25) is 10.1 Å². The molecule has 7 nitrogen and oxygen atoms in total. The summed E-state index contributed by atoms with van der Waals surface area (Å²) in [5.74, 6) is 0.0461. The molecule has 0 saturated heterocycles. The van der Waals surface area contributed by atoms with Crippen LogP contribution in [0.2, 0.25) is 5.02 Å². The third kappa shape index (κ3) is 4.27. The Hall–Kier alpha value is -2.20. The number of nitrogens with zero attached hydrogens (tertiary/aromatic N) is 1. The molecule has 0 atom stereocenters. The Labute approximate surface area is 171 Å². The van der Waals surface area contributed by atoms with E-state index >= 15 is 0 Å². The highest BCUT2D eigenvalue weighted by Crippen LogP contribution is 2.32. The summed E-state index contributed by atoms with van der Waals surface area (Å²) >= 11 is 7.40. The van der Waals surface area contributed by atoms with Crippen LogP contribution in [0.3, 0.4) is 0 Å². The second kappa shape index (κ2) is 8.04. The number of benzene rings is 2. The molecule has 1 aromatic heterocycles. The van der Waals surface area contributed by atoms with Crippen molar-refractivity contribution >= 4 is 54.2 Å². The van der Waals surface area contributed by atoms with E-state index in [1.54, 1.807) is 27.0 Å². The first-order chi connectivity index (χ1) is 13.2. The van der Waals surface area contributed by atoms with E-state index in [4.69, 9.17) is 16.3 Å². The maximum atomic E-state index is 12.7. The molecule has 0 spiro atoms. The predicted octanol–water partition coefficient (Wildman–Crippen LogP) is 3.90. The summed E-state index contributed by atoms with van der Waals surface area (Å²) in [5, 5.41) is 3.17. The molecule has 1 amide bonds. The Morgan fingerprint density at radius 1 is 1.25 bits per heavy atom. The number of methoxy groups -OCH3 is 1. The van der Waals surface area contributed by atoms with Crippen molar-refractivity contribution < 1.29 is 17.9 Å². The van der Waals surface area contributed by atoms with E-state index in [0.29, 0.717) is 16.4 Å². The number of hydrogen-bond donors (Lipinski definition) is 2. The van der Waals surface area contributed by atoms with Crippen molar-refractivity contribution in [1.82, 2.24) is 9.71 Å². The van der Waals surface area contributed by atoms with Crippen LogP contribution in [-0.2, 0) is 10.0 Å². The number of aromatic nitrogens is 1. The Balaban J connectivity index is 1.92. The molecule has 28 heavy (non-hydrogen) atoms. The Morgan fingerprint density at radius 2 is 2.00 bits per heavy atom. The summed E-state index contributed by atoms with van der Waals surface area (Å²) in [6.45, 7) is 3.42. The van der Waals surface area contributed by atoms with Crippen LogP contribution >= 0.6 is 22.9 Å². The lowest BCUT2D eigenvalue weighted by Crippen LogP contribution is -2.30. The van der Waals surface area contributed by atoms with Gasteiger partial charge in [-0.1, -0.05) is 29.0 Å². The topological polar surface area (TPSA) is 97.4 Å². The Kier molecular flexibility index (Phi) is 5.90. The molecule has 1 heterocycles. The fourth-order valence-electron chi connectivity index (χ4n) is 2.53. The lowest BCUT2D eigenvalue weighted by Gasteiger charge is -2.11. The number of para-hydroxylation sites is 1. The van der Waals surface area contributed by atoms with E-state index < -0.39 is 15.9 Å². The summed E-state index contributed by atoms with van der Waals surface area (Å²) < 4.78 is 33.3. The SMILES string of the molecule is COc1cccc2sc(NC(=O)c3cc(S(=O)(=O)NC(C)C)ccc3Cl)nc12. The number of amides is 1. The summed E-state index contributed by atoms with van der Waals surface area (Å²) in [4.78, 5) is 17.0. The van der Waals surface area contributed by atoms with Crippen LogP contribution < -0.4 is 14.8 Å². The van der Waals surface area contributed by atoms with Crippen LogP contribution in [0.1, 0.15) is 24.2 Å². The zero-order chi connectivity index (χ0) is 20.5. The second-order valence-corrected chi connectivity index (χ2v) is 9.35. The lowest BCUT2D eigenvalue weighted by molar-refractivity contribution is 0.102. The number of anilines is 1. The number of nitrogens with one attached hydrogen (secondary N) is 2. The van der Waals surface area contributed by atoms with Gasteiger partial charge < -0.3 is 4.74 Å². The van der Waals surface area contributed by atoms with E-state index in [1.165, 1.54) is 29.5 Å². The Morgan fingerprint density at radius 3 is 2.68 bits per heavy atom. The van der Waals surface area contributed by atoms with E-state index in [9.17, 15) is 13.2 Å². The van der Waals surface area contributed by atoms with Gasteiger partial charge in [-0.15, -0.1) is 0 Å². The zero-order valence-corrected chi connectivity index (χ0v) is 17.7. The Bertz CT molecular complexity index is 1140. The van der Waals surface area contributed by atoms with Gasteiger partial charge in [0.15, 0.2) is 5.13 Å². The molecule has 3 rings (SSSR count). The fraction of sp³-hybridized carbons (Fsp3) is 0.222. The largest absolute Gasteiger partial charge is 0.494 e. The molecular weight excluding hydrogens is 422 g/mol. The number of ether oxygens (including phenoxy) is 1. The van der Waals surface area contributed by atoms with E-state index in [0.717, 1.165) is 4.70 Å². The first kappa shape index (κ1) is 20.5. The average molecular weight is 440 g/mol. The average Bonchev–Trinajstić information content (AvgIpc) is 3.02. The maximum Gasteiger partial charge on any atom is 0.259 e. The van der Waals surface area contributed by atoms with Crippen LogP contribution in [-0.4, -0.2) is 32.5 Å². The molecule has 0 aliphatic heterocycles. The quantitative estimate of drug-likeness (QED) is 0.607.